The first-order chi connectivity index (χ1) is 12.3. The SMILES string of the molecule is O=C(CSCc1coc(-c2ccccc2)n1)N1C2CCNCC1CC2. The molecule has 0 radical (unpaired) electrons. The van der Waals surface area contributed by atoms with Crippen molar-refractivity contribution in [3.8, 4) is 11.5 Å². The van der Waals surface area contributed by atoms with Gasteiger partial charge in [0.2, 0.25) is 11.8 Å². The quantitative estimate of drug-likeness (QED) is 0.892. The lowest BCUT2D eigenvalue weighted by Crippen LogP contribution is -2.43. The zero-order chi connectivity index (χ0) is 17.1. The van der Waals surface area contributed by atoms with Gasteiger partial charge in [-0.05, 0) is 37.9 Å². The van der Waals surface area contributed by atoms with Gasteiger partial charge in [-0.1, -0.05) is 18.2 Å². The summed E-state index contributed by atoms with van der Waals surface area (Å²) in [5.74, 6) is 2.12. The Labute approximate surface area is 152 Å². The van der Waals surface area contributed by atoms with Gasteiger partial charge in [-0.15, -0.1) is 11.8 Å². The molecule has 6 heteroatoms. The van der Waals surface area contributed by atoms with Crippen LogP contribution in [0.1, 0.15) is 25.0 Å². The van der Waals surface area contributed by atoms with Crippen LogP contribution in [0.3, 0.4) is 0 Å². The van der Waals surface area contributed by atoms with E-state index >= 15 is 0 Å². The van der Waals surface area contributed by atoms with E-state index < -0.39 is 0 Å². The van der Waals surface area contributed by atoms with Crippen molar-refractivity contribution >= 4 is 17.7 Å². The Balaban J connectivity index is 1.31. The Hall–Kier alpha value is -1.79. The molecule has 0 aliphatic carbocycles. The molecule has 2 aliphatic rings. The molecule has 5 nitrogen and oxygen atoms in total. The molecule has 2 atom stereocenters. The van der Waals surface area contributed by atoms with Crippen molar-refractivity contribution in [2.75, 3.05) is 18.8 Å². The number of aromatic nitrogens is 1. The molecule has 2 saturated heterocycles. The normalized spacial score (nSPS) is 22.8. The Bertz CT molecular complexity index is 704. The zero-order valence-corrected chi connectivity index (χ0v) is 15.0. The predicted octanol–water partition coefficient (Wildman–Crippen LogP) is 2.93. The van der Waals surface area contributed by atoms with E-state index in [-0.39, 0.29) is 5.91 Å². The summed E-state index contributed by atoms with van der Waals surface area (Å²) in [4.78, 5) is 19.3. The monoisotopic (exact) mass is 357 g/mol. The van der Waals surface area contributed by atoms with Gasteiger partial charge in [-0.2, -0.15) is 0 Å². The molecule has 0 saturated carbocycles. The average molecular weight is 357 g/mol. The number of carbonyl (C=O) groups excluding carboxylic acids is 1. The van der Waals surface area contributed by atoms with Crippen LogP contribution < -0.4 is 5.32 Å². The Morgan fingerprint density at radius 3 is 2.96 bits per heavy atom. The Kier molecular flexibility index (Phi) is 5.08. The van der Waals surface area contributed by atoms with Crippen LogP contribution in [0.15, 0.2) is 41.0 Å². The minimum absolute atomic E-state index is 0.271. The molecule has 1 aromatic carbocycles. The van der Waals surface area contributed by atoms with Crippen molar-refractivity contribution in [3.05, 3.63) is 42.3 Å². The molecular formula is C19H23N3O2S. The molecule has 2 bridgehead atoms. The number of thioether (sulfide) groups is 1. The maximum atomic E-state index is 12.7. The van der Waals surface area contributed by atoms with Gasteiger partial charge in [-0.3, -0.25) is 4.79 Å². The van der Waals surface area contributed by atoms with Crippen LogP contribution in [0.2, 0.25) is 0 Å². The third-order valence-corrected chi connectivity index (χ3v) is 5.94. The molecule has 0 spiro atoms. The van der Waals surface area contributed by atoms with Crippen molar-refractivity contribution < 1.29 is 9.21 Å². The second-order valence-electron chi connectivity index (χ2n) is 6.68. The number of hydrogen-bond acceptors (Lipinski definition) is 5. The highest BCUT2D eigenvalue weighted by atomic mass is 32.2. The largest absolute Gasteiger partial charge is 0.444 e. The van der Waals surface area contributed by atoms with Gasteiger partial charge in [0, 0.05) is 29.9 Å². The summed E-state index contributed by atoms with van der Waals surface area (Å²) in [7, 11) is 0. The highest BCUT2D eigenvalue weighted by Crippen LogP contribution is 2.29. The molecule has 2 aromatic rings. The van der Waals surface area contributed by atoms with E-state index in [1.165, 1.54) is 0 Å². The maximum Gasteiger partial charge on any atom is 0.233 e. The van der Waals surface area contributed by atoms with Gasteiger partial charge in [0.1, 0.15) is 6.26 Å². The van der Waals surface area contributed by atoms with E-state index in [1.54, 1.807) is 18.0 Å². The van der Waals surface area contributed by atoms with Crippen LogP contribution in [0, 0.1) is 0 Å². The topological polar surface area (TPSA) is 58.4 Å². The third kappa shape index (κ3) is 3.75. The first kappa shape index (κ1) is 16.7. The number of rotatable bonds is 5. The predicted molar refractivity (Wildman–Crippen MR) is 99.2 cm³/mol. The van der Waals surface area contributed by atoms with E-state index in [2.05, 4.69) is 15.2 Å². The molecule has 4 rings (SSSR count). The van der Waals surface area contributed by atoms with Gasteiger partial charge in [0.05, 0.1) is 11.4 Å². The van der Waals surface area contributed by atoms with Crippen molar-refractivity contribution in [2.24, 2.45) is 0 Å². The van der Waals surface area contributed by atoms with E-state index in [1.807, 2.05) is 30.3 Å². The number of nitrogens with one attached hydrogen (secondary N) is 1. The van der Waals surface area contributed by atoms with Crippen molar-refractivity contribution in [3.63, 3.8) is 0 Å². The molecule has 2 unspecified atom stereocenters. The van der Waals surface area contributed by atoms with Crippen LogP contribution in [-0.2, 0) is 10.5 Å². The summed E-state index contributed by atoms with van der Waals surface area (Å²) in [5.41, 5.74) is 1.86. The lowest BCUT2D eigenvalue weighted by atomic mass is 10.1. The standard InChI is InChI=1S/C19H23N3O2S/c23-18(22-16-6-7-17(22)10-20-9-8-16)13-25-12-15-11-24-19(21-15)14-4-2-1-3-5-14/h1-5,11,16-17,20H,6-10,12-13H2. The number of hydrogen-bond donors (Lipinski definition) is 1. The Morgan fingerprint density at radius 1 is 1.24 bits per heavy atom. The molecule has 1 amide bonds. The molecule has 3 heterocycles. The van der Waals surface area contributed by atoms with Crippen molar-refractivity contribution in [2.45, 2.75) is 37.1 Å². The van der Waals surface area contributed by atoms with Crippen LogP contribution >= 0.6 is 11.8 Å². The Morgan fingerprint density at radius 2 is 2.08 bits per heavy atom. The molecule has 2 aliphatic heterocycles. The number of carbonyl (C=O) groups is 1. The summed E-state index contributed by atoms with van der Waals surface area (Å²) in [5, 5.41) is 3.44. The minimum Gasteiger partial charge on any atom is -0.444 e. The summed E-state index contributed by atoms with van der Waals surface area (Å²) < 4.78 is 5.56. The molecule has 132 valence electrons. The fourth-order valence-electron chi connectivity index (χ4n) is 3.79. The minimum atomic E-state index is 0.271. The van der Waals surface area contributed by atoms with Gasteiger partial charge in [0.15, 0.2) is 0 Å². The van der Waals surface area contributed by atoms with Gasteiger partial charge in [-0.25, -0.2) is 4.98 Å². The maximum absolute atomic E-state index is 12.7. The van der Waals surface area contributed by atoms with E-state index in [9.17, 15) is 4.79 Å². The van der Waals surface area contributed by atoms with Gasteiger partial charge in [0.25, 0.3) is 0 Å². The fourth-order valence-corrected chi connectivity index (χ4v) is 4.56. The number of benzene rings is 1. The number of oxazole rings is 1. The smallest absolute Gasteiger partial charge is 0.233 e. The first-order valence-electron chi connectivity index (χ1n) is 8.91. The average Bonchev–Trinajstić information content (AvgIpc) is 3.19. The highest BCUT2D eigenvalue weighted by Gasteiger charge is 2.37. The molecule has 2 fully saturated rings. The zero-order valence-electron chi connectivity index (χ0n) is 14.2. The van der Waals surface area contributed by atoms with E-state index in [0.717, 1.165) is 43.6 Å². The second-order valence-corrected chi connectivity index (χ2v) is 7.67. The van der Waals surface area contributed by atoms with Gasteiger partial charge < -0.3 is 14.6 Å². The molecule has 25 heavy (non-hydrogen) atoms. The lowest BCUT2D eigenvalue weighted by molar-refractivity contribution is -0.130. The molecule has 1 aromatic heterocycles. The number of fused-ring (bicyclic) bond motifs is 2. The first-order valence-corrected chi connectivity index (χ1v) is 10.1. The summed E-state index contributed by atoms with van der Waals surface area (Å²) in [6.45, 7) is 1.97. The number of amides is 1. The summed E-state index contributed by atoms with van der Waals surface area (Å²) in [6.07, 6.45) is 5.07. The van der Waals surface area contributed by atoms with Crippen LogP contribution in [0.5, 0.6) is 0 Å². The van der Waals surface area contributed by atoms with Gasteiger partial charge >= 0.3 is 0 Å². The van der Waals surface area contributed by atoms with E-state index in [4.69, 9.17) is 4.42 Å². The highest BCUT2D eigenvalue weighted by molar-refractivity contribution is 7.99. The van der Waals surface area contributed by atoms with Crippen LogP contribution in [0.4, 0.5) is 0 Å². The van der Waals surface area contributed by atoms with Crippen molar-refractivity contribution in [1.82, 2.24) is 15.2 Å². The molecule has 1 N–H and O–H groups in total. The molecular weight excluding hydrogens is 334 g/mol. The van der Waals surface area contributed by atoms with E-state index in [0.29, 0.717) is 29.5 Å². The lowest BCUT2D eigenvalue weighted by Gasteiger charge is -2.27. The van der Waals surface area contributed by atoms with Crippen LogP contribution in [-0.4, -0.2) is 46.7 Å². The van der Waals surface area contributed by atoms with Crippen molar-refractivity contribution in [1.29, 1.82) is 0 Å². The summed E-state index contributed by atoms with van der Waals surface area (Å²) >= 11 is 1.62. The number of nitrogens with zero attached hydrogens (tertiary/aromatic N) is 2. The van der Waals surface area contributed by atoms with Crippen LogP contribution in [0.25, 0.3) is 11.5 Å². The summed E-state index contributed by atoms with van der Waals surface area (Å²) in [6, 6.07) is 10.7. The fraction of sp³-hybridized carbons (Fsp3) is 0.474. The second kappa shape index (κ2) is 7.62. The third-order valence-electron chi connectivity index (χ3n) is 4.99.